The van der Waals surface area contributed by atoms with Crippen molar-refractivity contribution in [2.75, 3.05) is 13.1 Å². The molecule has 2 heteroatoms. The predicted molar refractivity (Wildman–Crippen MR) is 82.8 cm³/mol. The summed E-state index contributed by atoms with van der Waals surface area (Å²) >= 11 is 0. The highest BCUT2D eigenvalue weighted by Gasteiger charge is 2.37. The molecule has 20 heavy (non-hydrogen) atoms. The lowest BCUT2D eigenvalue weighted by atomic mass is 9.78. The Bertz CT molecular complexity index is 454. The number of rotatable bonds is 5. The van der Waals surface area contributed by atoms with Crippen LogP contribution in [0.4, 0.5) is 0 Å². The van der Waals surface area contributed by atoms with Crippen molar-refractivity contribution >= 4 is 0 Å². The smallest absolute Gasteiger partial charge is 0.0948 e. The van der Waals surface area contributed by atoms with Crippen LogP contribution in [-0.2, 0) is 0 Å². The van der Waals surface area contributed by atoms with Crippen LogP contribution < -0.4 is 0 Å². The van der Waals surface area contributed by atoms with E-state index in [9.17, 15) is 5.11 Å². The summed E-state index contributed by atoms with van der Waals surface area (Å²) in [6.45, 7) is 6.85. The van der Waals surface area contributed by atoms with Gasteiger partial charge in [-0.1, -0.05) is 38.1 Å². The first-order chi connectivity index (χ1) is 9.70. The van der Waals surface area contributed by atoms with Crippen LogP contribution in [0.3, 0.4) is 0 Å². The van der Waals surface area contributed by atoms with E-state index in [2.05, 4.69) is 43.0 Å². The highest BCUT2D eigenvalue weighted by molar-refractivity contribution is 5.35. The summed E-state index contributed by atoms with van der Waals surface area (Å²) in [6.07, 6.45) is 4.72. The number of nitrogens with zero attached hydrogens (tertiary/aromatic N) is 1. The zero-order valence-corrected chi connectivity index (χ0v) is 12.8. The van der Waals surface area contributed by atoms with Gasteiger partial charge in [0.1, 0.15) is 0 Å². The first kappa shape index (κ1) is 14.1. The van der Waals surface area contributed by atoms with Crippen molar-refractivity contribution in [1.29, 1.82) is 0 Å². The molecule has 110 valence electrons. The van der Waals surface area contributed by atoms with Crippen molar-refractivity contribution in [3.05, 3.63) is 35.4 Å². The van der Waals surface area contributed by atoms with Gasteiger partial charge in [0.05, 0.1) is 6.10 Å². The molecule has 0 amide bonds. The molecule has 0 spiro atoms. The monoisotopic (exact) mass is 273 g/mol. The van der Waals surface area contributed by atoms with Crippen LogP contribution in [0.15, 0.2) is 24.3 Å². The SMILES string of the molecule is CCCN(CC1CC1)C1CC(C)c2ccccc2C1O. The number of aliphatic hydroxyl groups excluding tert-OH is 1. The van der Waals surface area contributed by atoms with E-state index in [0.717, 1.165) is 24.4 Å². The predicted octanol–water partition coefficient (Wildman–Crippen LogP) is 3.72. The molecule has 2 nitrogen and oxygen atoms in total. The van der Waals surface area contributed by atoms with E-state index in [1.807, 2.05) is 0 Å². The number of aliphatic hydroxyl groups is 1. The standard InChI is InChI=1S/C18H27NO/c1-3-10-19(12-14-8-9-14)17-11-13(2)15-6-4-5-7-16(15)18(17)20/h4-7,13-14,17-18,20H,3,8-12H2,1-2H3. The second kappa shape index (κ2) is 5.87. The van der Waals surface area contributed by atoms with Gasteiger partial charge in [-0.2, -0.15) is 0 Å². The molecular weight excluding hydrogens is 246 g/mol. The maximum Gasteiger partial charge on any atom is 0.0948 e. The maximum absolute atomic E-state index is 10.8. The minimum absolute atomic E-state index is 0.306. The average Bonchev–Trinajstić information content (AvgIpc) is 3.26. The molecule has 1 aromatic rings. The van der Waals surface area contributed by atoms with Crippen LogP contribution in [0.2, 0.25) is 0 Å². The fourth-order valence-corrected chi connectivity index (χ4v) is 3.71. The molecule has 1 saturated carbocycles. The third kappa shape index (κ3) is 2.77. The minimum Gasteiger partial charge on any atom is -0.387 e. The highest BCUT2D eigenvalue weighted by Crippen LogP contribution is 2.41. The third-order valence-corrected chi connectivity index (χ3v) is 4.97. The Morgan fingerprint density at radius 3 is 2.55 bits per heavy atom. The van der Waals surface area contributed by atoms with E-state index < -0.39 is 0 Å². The number of benzene rings is 1. The van der Waals surface area contributed by atoms with Gasteiger partial charge < -0.3 is 5.11 Å². The second-order valence-electron chi connectivity index (χ2n) is 6.72. The van der Waals surface area contributed by atoms with Crippen molar-refractivity contribution in [3.8, 4) is 0 Å². The van der Waals surface area contributed by atoms with Crippen LogP contribution in [0.5, 0.6) is 0 Å². The molecule has 3 atom stereocenters. The van der Waals surface area contributed by atoms with Crippen molar-refractivity contribution in [2.24, 2.45) is 5.92 Å². The van der Waals surface area contributed by atoms with Gasteiger partial charge in [0.25, 0.3) is 0 Å². The Kier molecular flexibility index (Phi) is 4.13. The van der Waals surface area contributed by atoms with E-state index >= 15 is 0 Å². The molecule has 0 bridgehead atoms. The van der Waals surface area contributed by atoms with Crippen molar-refractivity contribution in [1.82, 2.24) is 4.90 Å². The quantitative estimate of drug-likeness (QED) is 0.884. The maximum atomic E-state index is 10.8. The largest absolute Gasteiger partial charge is 0.387 e. The zero-order chi connectivity index (χ0) is 14.1. The molecule has 2 aliphatic carbocycles. The second-order valence-corrected chi connectivity index (χ2v) is 6.72. The fraction of sp³-hybridized carbons (Fsp3) is 0.667. The first-order valence-electron chi connectivity index (χ1n) is 8.21. The molecule has 3 rings (SSSR count). The first-order valence-corrected chi connectivity index (χ1v) is 8.21. The van der Waals surface area contributed by atoms with Crippen molar-refractivity contribution in [2.45, 2.75) is 57.6 Å². The fourth-order valence-electron chi connectivity index (χ4n) is 3.71. The van der Waals surface area contributed by atoms with Crippen LogP contribution >= 0.6 is 0 Å². The Morgan fingerprint density at radius 2 is 1.90 bits per heavy atom. The van der Waals surface area contributed by atoms with Gasteiger partial charge in [0.15, 0.2) is 0 Å². The van der Waals surface area contributed by atoms with Gasteiger partial charge in [0, 0.05) is 12.6 Å². The molecule has 0 radical (unpaired) electrons. The van der Waals surface area contributed by atoms with Crippen LogP contribution in [0.25, 0.3) is 0 Å². The lowest BCUT2D eigenvalue weighted by Crippen LogP contribution is -2.44. The molecule has 3 unspecified atom stereocenters. The van der Waals surface area contributed by atoms with E-state index in [1.54, 1.807) is 0 Å². The van der Waals surface area contributed by atoms with Crippen LogP contribution in [-0.4, -0.2) is 29.1 Å². The Labute approximate surface area is 122 Å². The summed E-state index contributed by atoms with van der Waals surface area (Å²) in [4.78, 5) is 2.56. The van der Waals surface area contributed by atoms with E-state index in [-0.39, 0.29) is 6.10 Å². The molecule has 1 fully saturated rings. The summed E-state index contributed by atoms with van der Waals surface area (Å²) in [5, 5.41) is 10.8. The molecule has 0 saturated heterocycles. The average molecular weight is 273 g/mol. The van der Waals surface area contributed by atoms with Gasteiger partial charge in [0.2, 0.25) is 0 Å². The van der Waals surface area contributed by atoms with E-state index in [0.29, 0.717) is 12.0 Å². The van der Waals surface area contributed by atoms with Gasteiger partial charge >= 0.3 is 0 Å². The van der Waals surface area contributed by atoms with Crippen LogP contribution in [0, 0.1) is 5.92 Å². The summed E-state index contributed by atoms with van der Waals surface area (Å²) in [6, 6.07) is 8.76. The Hall–Kier alpha value is -0.860. The van der Waals surface area contributed by atoms with E-state index in [1.165, 1.54) is 31.4 Å². The van der Waals surface area contributed by atoms with E-state index in [4.69, 9.17) is 0 Å². The molecular formula is C18H27NO. The Morgan fingerprint density at radius 1 is 1.20 bits per heavy atom. The molecule has 1 N–H and O–H groups in total. The summed E-state index contributed by atoms with van der Waals surface area (Å²) in [7, 11) is 0. The summed E-state index contributed by atoms with van der Waals surface area (Å²) in [5.74, 6) is 1.44. The number of hydrogen-bond donors (Lipinski definition) is 1. The summed E-state index contributed by atoms with van der Waals surface area (Å²) in [5.41, 5.74) is 2.51. The van der Waals surface area contributed by atoms with Gasteiger partial charge in [-0.05, 0) is 55.2 Å². The van der Waals surface area contributed by atoms with Crippen molar-refractivity contribution < 1.29 is 5.11 Å². The van der Waals surface area contributed by atoms with Gasteiger partial charge in [-0.3, -0.25) is 4.90 Å². The van der Waals surface area contributed by atoms with Crippen LogP contribution in [0.1, 0.15) is 62.7 Å². The Balaban J connectivity index is 1.82. The highest BCUT2D eigenvalue weighted by atomic mass is 16.3. The third-order valence-electron chi connectivity index (χ3n) is 4.97. The van der Waals surface area contributed by atoms with Crippen molar-refractivity contribution in [3.63, 3.8) is 0 Å². The lowest BCUT2D eigenvalue weighted by molar-refractivity contribution is 0.0284. The lowest BCUT2D eigenvalue weighted by Gasteiger charge is -2.41. The number of hydrogen-bond acceptors (Lipinski definition) is 2. The molecule has 2 aliphatic rings. The topological polar surface area (TPSA) is 23.5 Å². The molecule has 1 aromatic carbocycles. The molecule has 0 aromatic heterocycles. The molecule has 0 aliphatic heterocycles. The van der Waals surface area contributed by atoms with Gasteiger partial charge in [-0.15, -0.1) is 0 Å². The molecule has 0 heterocycles. The van der Waals surface area contributed by atoms with Gasteiger partial charge in [-0.25, -0.2) is 0 Å². The zero-order valence-electron chi connectivity index (χ0n) is 12.8. The number of fused-ring (bicyclic) bond motifs is 1. The minimum atomic E-state index is -0.312. The summed E-state index contributed by atoms with van der Waals surface area (Å²) < 4.78 is 0. The normalized spacial score (nSPS) is 29.5.